The van der Waals surface area contributed by atoms with Gasteiger partial charge in [-0.15, -0.1) is 0 Å². The number of aromatic amines is 1. The highest BCUT2D eigenvalue weighted by atomic mass is 16.7. The number of esters is 1. The monoisotopic (exact) mass is 503 g/mol. The smallest absolute Gasteiger partial charge is 0.444 e. The standard InChI is InChI=1S/C26H37N3O7/c1-15(2)12-20(29-24(32)36-26(5,6)7)22(30)28-21(23(31)35-25(33)34-16(3)4)13-17-14-27-19-11-9-8-10-18(17)19/h8-11,14-16,20-21,27H,12-13H2,1-7H3,(H,28,30)(H,29,32)/t20-,21-/m0/s1. The normalized spacial score (nSPS) is 13.2. The van der Waals surface area contributed by atoms with E-state index in [1.807, 2.05) is 38.1 Å². The molecule has 1 aromatic heterocycles. The molecule has 2 rings (SSSR count). The van der Waals surface area contributed by atoms with Gasteiger partial charge in [-0.2, -0.15) is 0 Å². The van der Waals surface area contributed by atoms with Crippen molar-refractivity contribution in [3.8, 4) is 0 Å². The van der Waals surface area contributed by atoms with Crippen LogP contribution in [0.15, 0.2) is 30.5 Å². The van der Waals surface area contributed by atoms with Crippen LogP contribution in [-0.2, 0) is 30.2 Å². The molecule has 10 heteroatoms. The van der Waals surface area contributed by atoms with E-state index in [0.717, 1.165) is 16.5 Å². The van der Waals surface area contributed by atoms with Gasteiger partial charge < -0.3 is 29.8 Å². The van der Waals surface area contributed by atoms with Crippen molar-refractivity contribution in [3.05, 3.63) is 36.0 Å². The van der Waals surface area contributed by atoms with E-state index in [1.165, 1.54) is 0 Å². The predicted molar refractivity (Wildman–Crippen MR) is 134 cm³/mol. The van der Waals surface area contributed by atoms with Crippen LogP contribution in [0.4, 0.5) is 9.59 Å². The maximum absolute atomic E-state index is 13.2. The molecule has 0 spiro atoms. The maximum atomic E-state index is 13.2. The fourth-order valence-corrected chi connectivity index (χ4v) is 3.51. The third kappa shape index (κ3) is 9.24. The second-order valence-electron chi connectivity index (χ2n) is 10.3. The van der Waals surface area contributed by atoms with Crippen molar-refractivity contribution >= 4 is 35.0 Å². The van der Waals surface area contributed by atoms with Crippen molar-refractivity contribution in [2.24, 2.45) is 5.92 Å². The summed E-state index contributed by atoms with van der Waals surface area (Å²) in [7, 11) is 0. The third-order valence-electron chi connectivity index (χ3n) is 4.93. The number of benzene rings is 1. The molecule has 3 N–H and O–H groups in total. The zero-order chi connectivity index (χ0) is 27.0. The van der Waals surface area contributed by atoms with E-state index in [2.05, 4.69) is 15.6 Å². The van der Waals surface area contributed by atoms with Crippen LogP contribution in [0, 0.1) is 5.92 Å². The Bertz CT molecular complexity index is 1070. The van der Waals surface area contributed by atoms with Gasteiger partial charge in [0, 0.05) is 23.5 Å². The van der Waals surface area contributed by atoms with E-state index in [0.29, 0.717) is 6.42 Å². The van der Waals surface area contributed by atoms with Crippen molar-refractivity contribution in [3.63, 3.8) is 0 Å². The molecule has 2 atom stereocenters. The van der Waals surface area contributed by atoms with E-state index in [-0.39, 0.29) is 12.3 Å². The minimum Gasteiger partial charge on any atom is -0.444 e. The van der Waals surface area contributed by atoms with E-state index in [9.17, 15) is 19.2 Å². The Kier molecular flexibility index (Phi) is 9.89. The fourth-order valence-electron chi connectivity index (χ4n) is 3.51. The third-order valence-corrected chi connectivity index (χ3v) is 4.93. The molecule has 0 aliphatic rings. The summed E-state index contributed by atoms with van der Waals surface area (Å²) in [4.78, 5) is 53.6. The molecule has 0 saturated heterocycles. The van der Waals surface area contributed by atoms with Crippen molar-refractivity contribution in [1.82, 2.24) is 15.6 Å². The summed E-state index contributed by atoms with van der Waals surface area (Å²) in [6.45, 7) is 12.2. The van der Waals surface area contributed by atoms with E-state index in [4.69, 9.17) is 14.2 Å². The van der Waals surface area contributed by atoms with Crippen molar-refractivity contribution in [2.75, 3.05) is 0 Å². The van der Waals surface area contributed by atoms with Gasteiger partial charge in [-0.1, -0.05) is 32.0 Å². The summed E-state index contributed by atoms with van der Waals surface area (Å²) in [6.07, 6.45) is -0.313. The Labute approximate surface area is 211 Å². The minimum atomic E-state index is -1.22. The highest BCUT2D eigenvalue weighted by Gasteiger charge is 2.31. The minimum absolute atomic E-state index is 0.0460. The summed E-state index contributed by atoms with van der Waals surface area (Å²) in [5.41, 5.74) is 0.849. The van der Waals surface area contributed by atoms with Gasteiger partial charge in [-0.3, -0.25) is 4.79 Å². The average molecular weight is 504 g/mol. The lowest BCUT2D eigenvalue weighted by Gasteiger charge is -2.25. The van der Waals surface area contributed by atoms with Crippen LogP contribution in [0.3, 0.4) is 0 Å². The zero-order valence-electron chi connectivity index (χ0n) is 22.0. The molecule has 2 aromatic rings. The lowest BCUT2D eigenvalue weighted by atomic mass is 10.0. The number of aromatic nitrogens is 1. The SMILES string of the molecule is CC(C)C[C@H](NC(=O)OC(C)(C)C)C(=O)N[C@@H](Cc1c[nH]c2ccccc12)C(=O)OC(=O)OC(C)C. The molecule has 2 amide bonds. The Morgan fingerprint density at radius 3 is 2.25 bits per heavy atom. The molecule has 0 aliphatic heterocycles. The second kappa shape index (κ2) is 12.4. The lowest BCUT2D eigenvalue weighted by Crippen LogP contribution is -2.53. The molecular weight excluding hydrogens is 466 g/mol. The lowest BCUT2D eigenvalue weighted by molar-refractivity contribution is -0.145. The van der Waals surface area contributed by atoms with E-state index >= 15 is 0 Å². The number of para-hydroxylation sites is 1. The number of amides is 2. The highest BCUT2D eigenvalue weighted by Crippen LogP contribution is 2.20. The topological polar surface area (TPSA) is 136 Å². The van der Waals surface area contributed by atoms with Gasteiger partial charge in [0.25, 0.3) is 0 Å². The first-order chi connectivity index (χ1) is 16.7. The molecule has 0 aliphatic carbocycles. The number of nitrogens with one attached hydrogen (secondary N) is 3. The maximum Gasteiger partial charge on any atom is 0.516 e. The Balaban J connectivity index is 2.26. The van der Waals surface area contributed by atoms with Crippen LogP contribution < -0.4 is 10.6 Å². The Morgan fingerprint density at radius 1 is 0.972 bits per heavy atom. The van der Waals surface area contributed by atoms with Crippen molar-refractivity contribution in [2.45, 2.75) is 85.1 Å². The molecule has 1 aromatic carbocycles. The summed E-state index contributed by atoms with van der Waals surface area (Å²) in [5.74, 6) is -1.52. The average Bonchev–Trinajstić information content (AvgIpc) is 3.13. The molecular formula is C26H37N3O7. The molecule has 0 unspecified atom stereocenters. The van der Waals surface area contributed by atoms with Crippen molar-refractivity contribution < 1.29 is 33.4 Å². The Hall–Kier alpha value is -3.56. The molecule has 198 valence electrons. The van der Waals surface area contributed by atoms with Gasteiger partial charge in [-0.05, 0) is 58.6 Å². The predicted octanol–water partition coefficient (Wildman–Crippen LogP) is 4.22. The van der Waals surface area contributed by atoms with Gasteiger partial charge in [0.15, 0.2) is 0 Å². The number of ether oxygens (including phenoxy) is 3. The molecule has 0 bridgehead atoms. The number of carbonyl (C=O) groups is 4. The van der Waals surface area contributed by atoms with Gasteiger partial charge in [-0.25, -0.2) is 14.4 Å². The van der Waals surface area contributed by atoms with Crippen molar-refractivity contribution in [1.29, 1.82) is 0 Å². The molecule has 0 saturated carbocycles. The van der Waals surface area contributed by atoms with Gasteiger partial charge in [0.05, 0.1) is 6.10 Å². The van der Waals surface area contributed by atoms with Crippen LogP contribution in [0.25, 0.3) is 10.9 Å². The number of rotatable bonds is 9. The van der Waals surface area contributed by atoms with Crippen LogP contribution >= 0.6 is 0 Å². The molecule has 0 fully saturated rings. The fraction of sp³-hybridized carbons (Fsp3) is 0.538. The summed E-state index contributed by atoms with van der Waals surface area (Å²) in [5, 5.41) is 6.09. The van der Waals surface area contributed by atoms with Gasteiger partial charge >= 0.3 is 18.2 Å². The first-order valence-electron chi connectivity index (χ1n) is 12.0. The number of alkyl carbamates (subject to hydrolysis) is 1. The summed E-state index contributed by atoms with van der Waals surface area (Å²) < 4.78 is 15.1. The number of hydrogen-bond acceptors (Lipinski definition) is 7. The van der Waals surface area contributed by atoms with Crippen LogP contribution in [0.5, 0.6) is 0 Å². The van der Waals surface area contributed by atoms with Gasteiger partial charge in [0.1, 0.15) is 17.7 Å². The zero-order valence-corrected chi connectivity index (χ0v) is 22.0. The number of carbonyl (C=O) groups excluding carboxylic acids is 4. The second-order valence-corrected chi connectivity index (χ2v) is 10.3. The number of H-pyrrole nitrogens is 1. The van der Waals surface area contributed by atoms with Crippen LogP contribution in [0.1, 0.15) is 60.5 Å². The number of hydrogen-bond donors (Lipinski definition) is 3. The first kappa shape index (κ1) is 28.7. The summed E-state index contributed by atoms with van der Waals surface area (Å²) >= 11 is 0. The molecule has 10 nitrogen and oxygen atoms in total. The quantitative estimate of drug-likeness (QED) is 0.344. The highest BCUT2D eigenvalue weighted by molar-refractivity contribution is 5.93. The van der Waals surface area contributed by atoms with Crippen LogP contribution in [0.2, 0.25) is 0 Å². The van der Waals surface area contributed by atoms with E-state index < -0.39 is 47.9 Å². The van der Waals surface area contributed by atoms with Gasteiger partial charge in [0.2, 0.25) is 5.91 Å². The molecule has 0 radical (unpaired) electrons. The first-order valence-corrected chi connectivity index (χ1v) is 12.0. The summed E-state index contributed by atoms with van der Waals surface area (Å²) in [6, 6.07) is 5.30. The Morgan fingerprint density at radius 2 is 1.64 bits per heavy atom. The molecule has 36 heavy (non-hydrogen) atoms. The molecule has 1 heterocycles. The van der Waals surface area contributed by atoms with Crippen LogP contribution in [-0.4, -0.2) is 52.9 Å². The number of fused-ring (bicyclic) bond motifs is 1. The largest absolute Gasteiger partial charge is 0.516 e. The van der Waals surface area contributed by atoms with E-state index in [1.54, 1.807) is 40.8 Å².